The van der Waals surface area contributed by atoms with Gasteiger partial charge in [0.2, 0.25) is 5.91 Å². The zero-order chi connectivity index (χ0) is 13.6. The van der Waals surface area contributed by atoms with Crippen LogP contribution in [0.5, 0.6) is 0 Å². The number of rotatable bonds is 6. The van der Waals surface area contributed by atoms with Gasteiger partial charge in [0, 0.05) is 12.0 Å². The lowest BCUT2D eigenvalue weighted by molar-refractivity contribution is -0.123. The van der Waals surface area contributed by atoms with Crippen LogP contribution in [0.2, 0.25) is 0 Å². The number of aliphatic hydroxyl groups is 1. The van der Waals surface area contributed by atoms with Crippen molar-refractivity contribution < 1.29 is 9.90 Å². The first-order valence-electron chi connectivity index (χ1n) is 6.70. The van der Waals surface area contributed by atoms with E-state index in [0.29, 0.717) is 13.0 Å². The van der Waals surface area contributed by atoms with Crippen molar-refractivity contribution >= 4 is 30.1 Å². The molecule has 114 valence electrons. The number of hydrogen-bond donors (Lipinski definition) is 3. The van der Waals surface area contributed by atoms with Crippen LogP contribution in [-0.2, 0) is 4.79 Å². The Bertz CT molecular complexity index is 281. The van der Waals surface area contributed by atoms with Gasteiger partial charge < -0.3 is 16.2 Å². The van der Waals surface area contributed by atoms with Crippen LogP contribution in [-0.4, -0.2) is 41.7 Å². The van der Waals surface area contributed by atoms with Crippen molar-refractivity contribution in [2.45, 2.75) is 51.2 Å². The van der Waals surface area contributed by atoms with Crippen LogP contribution < -0.4 is 11.1 Å². The third-order valence-electron chi connectivity index (χ3n) is 3.92. The summed E-state index contributed by atoms with van der Waals surface area (Å²) in [4.78, 5) is 11.8. The maximum Gasteiger partial charge on any atom is 0.236 e. The molecule has 0 bridgehead atoms. The summed E-state index contributed by atoms with van der Waals surface area (Å²) in [5, 5.41) is 12.9. The van der Waals surface area contributed by atoms with Crippen LogP contribution in [0.4, 0.5) is 0 Å². The number of aliphatic hydroxyl groups excluding tert-OH is 1. The number of nitrogens with one attached hydrogen (secondary N) is 1. The average Bonchev–Trinajstić information content (AvgIpc) is 2.37. The number of halogens is 1. The monoisotopic (exact) mass is 310 g/mol. The second kappa shape index (κ2) is 9.06. The van der Waals surface area contributed by atoms with Gasteiger partial charge in [-0.05, 0) is 31.3 Å². The molecule has 1 aliphatic carbocycles. The zero-order valence-electron chi connectivity index (χ0n) is 11.9. The molecule has 1 aliphatic rings. The maximum absolute atomic E-state index is 11.8. The van der Waals surface area contributed by atoms with E-state index in [4.69, 9.17) is 5.73 Å². The van der Waals surface area contributed by atoms with E-state index < -0.39 is 6.04 Å². The van der Waals surface area contributed by atoms with Crippen LogP contribution in [0.3, 0.4) is 0 Å². The molecule has 4 N–H and O–H groups in total. The van der Waals surface area contributed by atoms with Gasteiger partial charge in [-0.2, -0.15) is 11.8 Å². The Morgan fingerprint density at radius 3 is 2.84 bits per heavy atom. The summed E-state index contributed by atoms with van der Waals surface area (Å²) < 4.78 is 0. The van der Waals surface area contributed by atoms with Crippen molar-refractivity contribution in [2.24, 2.45) is 11.1 Å². The molecule has 4 nitrogen and oxygen atoms in total. The number of carbonyl (C=O) groups excluding carboxylic acids is 1. The summed E-state index contributed by atoms with van der Waals surface area (Å²) in [7, 11) is 0. The smallest absolute Gasteiger partial charge is 0.236 e. The molecule has 19 heavy (non-hydrogen) atoms. The Balaban J connectivity index is 0.00000324. The molecule has 0 aliphatic heterocycles. The highest BCUT2D eigenvalue weighted by Gasteiger charge is 2.35. The lowest BCUT2D eigenvalue weighted by atomic mass is 9.73. The fourth-order valence-corrected chi connectivity index (χ4v) is 2.87. The van der Waals surface area contributed by atoms with Crippen LogP contribution >= 0.6 is 24.2 Å². The second-order valence-corrected chi connectivity index (χ2v) is 6.51. The molecule has 0 aromatic carbocycles. The standard InChI is InChI=1S/C13H26N2O2S.ClH/c1-13(7-4-3-5-11(13)16)9-15-12(17)10(14)6-8-18-2;/h10-11,16H,3-9,14H2,1-2H3,(H,15,17);1H/t10-,11?,13?;/m0./s1. The summed E-state index contributed by atoms with van der Waals surface area (Å²) in [6, 6.07) is -0.429. The third kappa shape index (κ3) is 5.90. The molecule has 6 heteroatoms. The minimum atomic E-state index is -0.429. The third-order valence-corrected chi connectivity index (χ3v) is 4.56. The van der Waals surface area contributed by atoms with E-state index in [1.807, 2.05) is 13.2 Å². The fraction of sp³-hybridized carbons (Fsp3) is 0.923. The normalized spacial score (nSPS) is 28.3. The van der Waals surface area contributed by atoms with Crippen LogP contribution in [0.25, 0.3) is 0 Å². The largest absolute Gasteiger partial charge is 0.392 e. The minimum Gasteiger partial charge on any atom is -0.392 e. The van der Waals surface area contributed by atoms with Gasteiger partial charge >= 0.3 is 0 Å². The van der Waals surface area contributed by atoms with Crippen molar-refractivity contribution in [1.29, 1.82) is 0 Å². The van der Waals surface area contributed by atoms with Crippen molar-refractivity contribution in [2.75, 3.05) is 18.6 Å². The highest BCUT2D eigenvalue weighted by Crippen LogP contribution is 2.35. The summed E-state index contributed by atoms with van der Waals surface area (Å²) in [6.45, 7) is 2.57. The van der Waals surface area contributed by atoms with Gasteiger partial charge in [0.05, 0.1) is 12.1 Å². The van der Waals surface area contributed by atoms with Gasteiger partial charge in [0.15, 0.2) is 0 Å². The molecule has 0 aromatic heterocycles. The first kappa shape index (κ1) is 19.0. The first-order chi connectivity index (χ1) is 8.49. The van der Waals surface area contributed by atoms with E-state index >= 15 is 0 Å². The molecule has 1 amide bonds. The molecule has 0 radical (unpaired) electrons. The molecule has 0 spiro atoms. The predicted octanol–water partition coefficient (Wildman–Crippen LogP) is 1.55. The van der Waals surface area contributed by atoms with Gasteiger partial charge in [0.25, 0.3) is 0 Å². The molecule has 0 aromatic rings. The molecule has 1 fully saturated rings. The van der Waals surface area contributed by atoms with Gasteiger partial charge in [-0.25, -0.2) is 0 Å². The molecule has 2 unspecified atom stereocenters. The molecular weight excluding hydrogens is 284 g/mol. The first-order valence-corrected chi connectivity index (χ1v) is 8.09. The van der Waals surface area contributed by atoms with E-state index in [1.54, 1.807) is 11.8 Å². The van der Waals surface area contributed by atoms with E-state index in [1.165, 1.54) is 0 Å². The molecular formula is C13H27ClN2O2S. The number of nitrogens with two attached hydrogens (primary N) is 1. The van der Waals surface area contributed by atoms with Crippen LogP contribution in [0.1, 0.15) is 39.0 Å². The number of amides is 1. The van der Waals surface area contributed by atoms with E-state index in [0.717, 1.165) is 31.4 Å². The number of hydrogen-bond acceptors (Lipinski definition) is 4. The molecule has 1 rings (SSSR count). The Kier molecular flexibility index (Phi) is 9.07. The van der Waals surface area contributed by atoms with Crippen molar-refractivity contribution in [3.8, 4) is 0 Å². The topological polar surface area (TPSA) is 75.4 Å². The Labute approximate surface area is 126 Å². The van der Waals surface area contributed by atoms with Crippen LogP contribution in [0.15, 0.2) is 0 Å². The van der Waals surface area contributed by atoms with E-state index in [9.17, 15) is 9.90 Å². The Hall–Kier alpha value is 0.0300. The predicted molar refractivity (Wildman–Crippen MR) is 83.8 cm³/mol. The van der Waals surface area contributed by atoms with E-state index in [2.05, 4.69) is 5.32 Å². The average molecular weight is 311 g/mol. The van der Waals surface area contributed by atoms with Gasteiger partial charge in [-0.3, -0.25) is 4.79 Å². The van der Waals surface area contributed by atoms with Crippen molar-refractivity contribution in [3.63, 3.8) is 0 Å². The summed E-state index contributed by atoms with van der Waals surface area (Å²) in [5.41, 5.74) is 5.62. The maximum atomic E-state index is 11.8. The highest BCUT2D eigenvalue weighted by molar-refractivity contribution is 7.98. The van der Waals surface area contributed by atoms with Gasteiger partial charge in [-0.15, -0.1) is 12.4 Å². The fourth-order valence-electron chi connectivity index (χ4n) is 2.38. The van der Waals surface area contributed by atoms with Crippen LogP contribution in [0, 0.1) is 5.41 Å². The van der Waals surface area contributed by atoms with E-state index in [-0.39, 0.29) is 29.8 Å². The number of carbonyl (C=O) groups is 1. The highest BCUT2D eigenvalue weighted by atomic mass is 35.5. The summed E-state index contributed by atoms with van der Waals surface area (Å²) in [5.74, 6) is 0.803. The van der Waals surface area contributed by atoms with Gasteiger partial charge in [-0.1, -0.05) is 19.8 Å². The lowest BCUT2D eigenvalue weighted by Gasteiger charge is -2.38. The molecule has 0 saturated heterocycles. The minimum absolute atomic E-state index is 0. The van der Waals surface area contributed by atoms with Crippen molar-refractivity contribution in [3.05, 3.63) is 0 Å². The van der Waals surface area contributed by atoms with Gasteiger partial charge in [0.1, 0.15) is 0 Å². The van der Waals surface area contributed by atoms with Crippen molar-refractivity contribution in [1.82, 2.24) is 5.32 Å². The molecule has 3 atom stereocenters. The molecule has 0 heterocycles. The Morgan fingerprint density at radius 1 is 1.58 bits per heavy atom. The quantitative estimate of drug-likeness (QED) is 0.696. The zero-order valence-corrected chi connectivity index (χ0v) is 13.5. The SMILES string of the molecule is CSCC[C@H](N)C(=O)NCC1(C)CCCCC1O.Cl. The number of thioether (sulfide) groups is 1. The Morgan fingerprint density at radius 2 is 2.26 bits per heavy atom. The second-order valence-electron chi connectivity index (χ2n) is 5.52. The summed E-state index contributed by atoms with van der Waals surface area (Å²) in [6.07, 6.45) is 6.41. The summed E-state index contributed by atoms with van der Waals surface area (Å²) >= 11 is 1.69. The lowest BCUT2D eigenvalue weighted by Crippen LogP contribution is -2.49. The molecule has 1 saturated carbocycles.